The zero-order chi connectivity index (χ0) is 35.1. The van der Waals surface area contributed by atoms with E-state index in [1.54, 1.807) is 9.58 Å². The number of likely N-dealkylation sites (N-methyl/N-ethyl adjacent to an activating group) is 1. The predicted octanol–water partition coefficient (Wildman–Crippen LogP) is 5.47. The predicted molar refractivity (Wildman–Crippen MR) is 181 cm³/mol. The molecule has 2 N–H and O–H groups in total. The quantitative estimate of drug-likeness (QED) is 0.230. The van der Waals surface area contributed by atoms with Crippen molar-refractivity contribution < 1.29 is 27.6 Å². The minimum atomic E-state index is -4.56. The molecule has 6 rings (SSSR count). The van der Waals surface area contributed by atoms with Crippen LogP contribution in [0.25, 0.3) is 5.69 Å². The van der Waals surface area contributed by atoms with E-state index in [4.69, 9.17) is 0 Å². The first-order chi connectivity index (χ1) is 23.5. The maximum absolute atomic E-state index is 13.2. The van der Waals surface area contributed by atoms with Gasteiger partial charge in [0.1, 0.15) is 11.9 Å². The number of alkyl halides is 3. The molecule has 1 fully saturated rings. The molecule has 1 aromatic heterocycles. The van der Waals surface area contributed by atoms with Crippen LogP contribution >= 0.6 is 0 Å². The van der Waals surface area contributed by atoms with Gasteiger partial charge in [0.05, 0.1) is 16.9 Å². The zero-order valence-electron chi connectivity index (χ0n) is 27.5. The molecule has 49 heavy (non-hydrogen) atoms. The molecule has 0 aliphatic carbocycles. The topological polar surface area (TPSA) is 99.6 Å². The van der Waals surface area contributed by atoms with Crippen molar-refractivity contribution in [1.82, 2.24) is 25.3 Å². The minimum absolute atomic E-state index is 0.0410. The normalized spacial score (nSPS) is 15.7. The number of aryl methyl sites for hydroxylation is 1. The molecule has 256 valence electrons. The smallest absolute Gasteiger partial charge is 0.348 e. The Morgan fingerprint density at radius 1 is 0.980 bits per heavy atom. The standard InChI is InChI=1S/C23H21F3N4O2.C14H18N2O/c1-3-29-21-18(14(2)28-30(21)17-10-5-4-6-11-17)13-19(22(29)32)27-20(31)15-8-7-9-16(12-15)23(24,25)26;1-12(11-16-8-5-9-16)14(17)15-10-13-6-3-2-4-7-13/h4-12,19H,3,13H2,1-2H3,(H,27,31);2-4,6-7H,1,5,8-11H2,(H,15,17). The number of fused-ring (bicyclic) bond motifs is 1. The summed E-state index contributed by atoms with van der Waals surface area (Å²) >= 11 is 0. The Kier molecular flexibility index (Phi) is 11.0. The van der Waals surface area contributed by atoms with Crippen molar-refractivity contribution in [2.45, 2.75) is 45.5 Å². The number of para-hydroxylation sites is 1. The van der Waals surface area contributed by atoms with E-state index in [2.05, 4.69) is 27.2 Å². The third-order valence-electron chi connectivity index (χ3n) is 8.44. The number of aromatic nitrogens is 2. The first kappa shape index (κ1) is 35.1. The van der Waals surface area contributed by atoms with Gasteiger partial charge in [-0.25, -0.2) is 4.68 Å². The second-order valence-corrected chi connectivity index (χ2v) is 11.9. The van der Waals surface area contributed by atoms with Gasteiger partial charge in [0, 0.05) is 42.8 Å². The molecule has 2 aliphatic rings. The summed E-state index contributed by atoms with van der Waals surface area (Å²) in [6.07, 6.45) is -3.12. The SMILES string of the molecule is C=C(CN1CCC1)C(=O)NCc1ccccc1.CCN1C(=O)C(NC(=O)c2cccc(C(F)(F)F)c2)Cc2c(C)nn(-c3ccccc3)c21. The van der Waals surface area contributed by atoms with E-state index in [9.17, 15) is 27.6 Å². The average molecular weight is 673 g/mol. The zero-order valence-corrected chi connectivity index (χ0v) is 27.5. The molecule has 12 heteroatoms. The van der Waals surface area contributed by atoms with Gasteiger partial charge in [-0.2, -0.15) is 18.3 Å². The number of carbonyl (C=O) groups is 3. The molecular weight excluding hydrogens is 633 g/mol. The Morgan fingerprint density at radius 3 is 2.27 bits per heavy atom. The van der Waals surface area contributed by atoms with Crippen LogP contribution in [0.1, 0.15) is 46.1 Å². The summed E-state index contributed by atoms with van der Waals surface area (Å²) in [6.45, 7) is 11.3. The number of hydrogen-bond acceptors (Lipinski definition) is 5. The summed E-state index contributed by atoms with van der Waals surface area (Å²) in [5.41, 5.74) is 3.02. The summed E-state index contributed by atoms with van der Waals surface area (Å²) in [6, 6.07) is 22.5. The third kappa shape index (κ3) is 8.44. The molecular formula is C37H39F3N6O3. The van der Waals surface area contributed by atoms with Gasteiger partial charge in [-0.3, -0.25) is 24.2 Å². The highest BCUT2D eigenvalue weighted by molar-refractivity contribution is 6.04. The maximum Gasteiger partial charge on any atom is 0.416 e. The Labute approximate surface area is 283 Å². The summed E-state index contributed by atoms with van der Waals surface area (Å²) in [7, 11) is 0. The second kappa shape index (κ2) is 15.3. The number of carbonyl (C=O) groups excluding carboxylic acids is 3. The maximum atomic E-state index is 13.2. The Balaban J connectivity index is 0.000000232. The average Bonchev–Trinajstić information content (AvgIpc) is 3.41. The van der Waals surface area contributed by atoms with Crippen molar-refractivity contribution in [3.05, 3.63) is 125 Å². The van der Waals surface area contributed by atoms with E-state index in [-0.39, 0.29) is 23.8 Å². The second-order valence-electron chi connectivity index (χ2n) is 11.9. The number of nitrogens with zero attached hydrogens (tertiary/aromatic N) is 4. The highest BCUT2D eigenvalue weighted by Crippen LogP contribution is 2.33. The number of anilines is 1. The van der Waals surface area contributed by atoms with Crippen LogP contribution in [0.2, 0.25) is 0 Å². The molecule has 3 heterocycles. The fraction of sp³-hybridized carbons (Fsp3) is 0.297. The van der Waals surface area contributed by atoms with Gasteiger partial charge in [0.15, 0.2) is 0 Å². The van der Waals surface area contributed by atoms with E-state index in [0.717, 1.165) is 42.0 Å². The van der Waals surface area contributed by atoms with Crippen molar-refractivity contribution in [1.29, 1.82) is 0 Å². The molecule has 0 saturated carbocycles. The van der Waals surface area contributed by atoms with Crippen LogP contribution < -0.4 is 15.5 Å². The number of amides is 3. The van der Waals surface area contributed by atoms with E-state index >= 15 is 0 Å². The molecule has 3 aromatic carbocycles. The van der Waals surface area contributed by atoms with Crippen molar-refractivity contribution in [3.8, 4) is 5.69 Å². The molecule has 0 spiro atoms. The van der Waals surface area contributed by atoms with Crippen LogP contribution in [-0.4, -0.2) is 64.6 Å². The first-order valence-electron chi connectivity index (χ1n) is 16.1. The van der Waals surface area contributed by atoms with Gasteiger partial charge in [0.2, 0.25) is 5.91 Å². The number of halogens is 3. The molecule has 0 bridgehead atoms. The lowest BCUT2D eigenvalue weighted by Gasteiger charge is -2.32. The number of benzene rings is 3. The van der Waals surface area contributed by atoms with Crippen LogP contribution in [0.4, 0.5) is 19.0 Å². The largest absolute Gasteiger partial charge is 0.416 e. The summed E-state index contributed by atoms with van der Waals surface area (Å²) < 4.78 is 40.7. The molecule has 4 aromatic rings. The molecule has 0 radical (unpaired) electrons. The van der Waals surface area contributed by atoms with Crippen molar-refractivity contribution >= 4 is 23.5 Å². The Bertz CT molecular complexity index is 1800. The van der Waals surface area contributed by atoms with E-state index in [1.807, 2.05) is 74.5 Å². The molecule has 2 aliphatic heterocycles. The van der Waals surface area contributed by atoms with E-state index < -0.39 is 23.7 Å². The van der Waals surface area contributed by atoms with Crippen LogP contribution in [0.3, 0.4) is 0 Å². The van der Waals surface area contributed by atoms with Crippen LogP contribution in [0.5, 0.6) is 0 Å². The van der Waals surface area contributed by atoms with Gasteiger partial charge in [0.25, 0.3) is 11.8 Å². The van der Waals surface area contributed by atoms with Gasteiger partial charge in [-0.15, -0.1) is 0 Å². The Hall–Kier alpha value is -5.23. The third-order valence-corrected chi connectivity index (χ3v) is 8.44. The van der Waals surface area contributed by atoms with Crippen LogP contribution in [-0.2, 0) is 28.7 Å². The van der Waals surface area contributed by atoms with Crippen molar-refractivity contribution in [2.24, 2.45) is 0 Å². The highest BCUT2D eigenvalue weighted by atomic mass is 19.4. The minimum Gasteiger partial charge on any atom is -0.348 e. The molecule has 1 unspecified atom stereocenters. The van der Waals surface area contributed by atoms with Crippen molar-refractivity contribution in [3.63, 3.8) is 0 Å². The van der Waals surface area contributed by atoms with Crippen LogP contribution in [0.15, 0.2) is 97.1 Å². The monoisotopic (exact) mass is 672 g/mol. The van der Waals surface area contributed by atoms with Gasteiger partial charge >= 0.3 is 6.18 Å². The lowest BCUT2D eigenvalue weighted by Crippen LogP contribution is -2.53. The summed E-state index contributed by atoms with van der Waals surface area (Å²) in [5, 5.41) is 10.1. The Morgan fingerprint density at radius 2 is 1.65 bits per heavy atom. The first-order valence-corrected chi connectivity index (χ1v) is 16.1. The molecule has 9 nitrogen and oxygen atoms in total. The van der Waals surface area contributed by atoms with Gasteiger partial charge in [-0.05, 0) is 69.3 Å². The lowest BCUT2D eigenvalue weighted by atomic mass is 9.99. The number of likely N-dealkylation sites (tertiary alicyclic amines) is 1. The van der Waals surface area contributed by atoms with Gasteiger partial charge in [-0.1, -0.05) is 61.2 Å². The fourth-order valence-electron chi connectivity index (χ4n) is 5.68. The van der Waals surface area contributed by atoms with Crippen LogP contribution in [0, 0.1) is 6.92 Å². The highest BCUT2D eigenvalue weighted by Gasteiger charge is 2.38. The van der Waals surface area contributed by atoms with Gasteiger partial charge < -0.3 is 10.6 Å². The summed E-state index contributed by atoms with van der Waals surface area (Å²) in [4.78, 5) is 41.4. The molecule has 1 saturated heterocycles. The van der Waals surface area contributed by atoms with E-state index in [1.165, 1.54) is 18.6 Å². The number of rotatable bonds is 9. The van der Waals surface area contributed by atoms with Crippen molar-refractivity contribution in [2.75, 3.05) is 31.1 Å². The molecule has 3 amide bonds. The summed E-state index contributed by atoms with van der Waals surface area (Å²) in [5.74, 6) is -0.467. The lowest BCUT2D eigenvalue weighted by molar-refractivity contribution is -0.137. The molecule has 1 atom stereocenters. The number of hydrogen-bond donors (Lipinski definition) is 2. The number of nitrogens with one attached hydrogen (secondary N) is 2. The fourth-order valence-corrected chi connectivity index (χ4v) is 5.68. The van der Waals surface area contributed by atoms with E-state index in [0.29, 0.717) is 36.7 Å².